The van der Waals surface area contributed by atoms with E-state index in [1.54, 1.807) is 0 Å². The number of hydrogen-bond donors (Lipinski definition) is 0. The van der Waals surface area contributed by atoms with Gasteiger partial charge in [-0.3, -0.25) is 4.79 Å². The number of rotatable bonds is 7. The second-order valence-corrected chi connectivity index (χ2v) is 11.3. The van der Waals surface area contributed by atoms with E-state index in [1.807, 2.05) is 30.3 Å². The van der Waals surface area contributed by atoms with Crippen molar-refractivity contribution in [1.82, 2.24) is 0 Å². The lowest BCUT2D eigenvalue weighted by atomic mass is 9.71. The maximum absolute atomic E-state index is 12.7. The normalized spacial score (nSPS) is 28.9. The first-order chi connectivity index (χ1) is 11.7. The van der Waals surface area contributed by atoms with Crippen molar-refractivity contribution in [3.63, 3.8) is 0 Å². The van der Waals surface area contributed by atoms with Gasteiger partial charge in [-0.2, -0.15) is 11.8 Å². The zero-order valence-corrected chi connectivity index (χ0v) is 17.4. The Morgan fingerprint density at radius 3 is 2.32 bits per heavy atom. The maximum Gasteiger partial charge on any atom is 0.165 e. The van der Waals surface area contributed by atoms with Gasteiger partial charge < -0.3 is 0 Å². The van der Waals surface area contributed by atoms with Crippen LogP contribution in [0.3, 0.4) is 0 Å². The molecule has 2 heteroatoms. The first-order valence-corrected chi connectivity index (χ1v) is 10.9. The van der Waals surface area contributed by atoms with Crippen molar-refractivity contribution in [2.24, 2.45) is 22.7 Å². The van der Waals surface area contributed by atoms with Crippen molar-refractivity contribution < 1.29 is 4.79 Å². The summed E-state index contributed by atoms with van der Waals surface area (Å²) in [6, 6.07) is 9.77. The zero-order chi connectivity index (χ0) is 18.3. The highest BCUT2D eigenvalue weighted by Crippen LogP contribution is 2.67. The number of Topliss-reactive ketones (excluding diaryl/α,β-unsaturated/α-hetero) is 1. The van der Waals surface area contributed by atoms with Crippen LogP contribution in [0.25, 0.3) is 0 Å². The Morgan fingerprint density at radius 1 is 1.20 bits per heavy atom. The van der Waals surface area contributed by atoms with Gasteiger partial charge in [0.15, 0.2) is 5.78 Å². The standard InChI is InChI=1S/C23H34OS/c1-17(20(24)18-9-7-6-8-10-18)15-21(2,3)25-16-23-13-11-19(12-14-23)22(23,4)5/h6-10,17,19H,11-16H2,1-5H3/t17-,19?,23?/m0/s1. The molecule has 0 radical (unpaired) electrons. The average Bonchev–Trinajstić information content (AvgIpc) is 2.98. The zero-order valence-electron chi connectivity index (χ0n) is 16.6. The second kappa shape index (κ2) is 6.76. The molecule has 2 saturated carbocycles. The second-order valence-electron chi connectivity index (χ2n) is 9.66. The largest absolute Gasteiger partial charge is 0.294 e. The van der Waals surface area contributed by atoms with Gasteiger partial charge in [-0.05, 0) is 54.6 Å². The van der Waals surface area contributed by atoms with Crippen molar-refractivity contribution in [1.29, 1.82) is 0 Å². The summed E-state index contributed by atoms with van der Waals surface area (Å²) in [4.78, 5) is 12.7. The molecule has 2 aliphatic rings. The van der Waals surface area contributed by atoms with E-state index in [0.29, 0.717) is 10.8 Å². The number of fused-ring (bicyclic) bond motifs is 2. The van der Waals surface area contributed by atoms with E-state index >= 15 is 0 Å². The van der Waals surface area contributed by atoms with Gasteiger partial charge in [0.1, 0.15) is 0 Å². The van der Waals surface area contributed by atoms with Crippen LogP contribution in [0.1, 0.15) is 77.1 Å². The Kier molecular flexibility index (Phi) is 5.14. The lowest BCUT2D eigenvalue weighted by Gasteiger charge is -2.40. The van der Waals surface area contributed by atoms with E-state index in [-0.39, 0.29) is 16.4 Å². The van der Waals surface area contributed by atoms with Gasteiger partial charge in [-0.25, -0.2) is 0 Å². The molecule has 0 aromatic heterocycles. The van der Waals surface area contributed by atoms with E-state index < -0.39 is 0 Å². The van der Waals surface area contributed by atoms with Crippen molar-refractivity contribution in [2.45, 2.75) is 71.5 Å². The van der Waals surface area contributed by atoms with Crippen LogP contribution in [0, 0.1) is 22.7 Å². The van der Waals surface area contributed by atoms with Crippen molar-refractivity contribution in [2.75, 3.05) is 5.75 Å². The molecule has 0 spiro atoms. The van der Waals surface area contributed by atoms with Crippen molar-refractivity contribution in [3.05, 3.63) is 35.9 Å². The average molecular weight is 359 g/mol. The molecule has 0 heterocycles. The molecule has 0 aliphatic heterocycles. The summed E-state index contributed by atoms with van der Waals surface area (Å²) >= 11 is 2.12. The van der Waals surface area contributed by atoms with E-state index in [0.717, 1.165) is 17.9 Å². The predicted molar refractivity (Wildman–Crippen MR) is 109 cm³/mol. The summed E-state index contributed by atoms with van der Waals surface area (Å²) in [5, 5.41) is 0. The van der Waals surface area contributed by atoms with Crippen LogP contribution in [-0.2, 0) is 0 Å². The SMILES string of the molecule is C[C@@H](CC(C)(C)SCC12CCC(CC1)C2(C)C)C(=O)c1ccccc1. The van der Waals surface area contributed by atoms with Crippen molar-refractivity contribution in [3.8, 4) is 0 Å². The number of carbonyl (C=O) groups excluding carboxylic acids is 1. The summed E-state index contributed by atoms with van der Waals surface area (Å²) in [6.07, 6.45) is 6.62. The Hall–Kier alpha value is -0.760. The first kappa shape index (κ1) is 19.0. The van der Waals surface area contributed by atoms with E-state index in [1.165, 1.54) is 31.4 Å². The van der Waals surface area contributed by atoms with Crippen LogP contribution in [0.4, 0.5) is 0 Å². The number of carbonyl (C=O) groups is 1. The number of benzene rings is 1. The molecule has 2 bridgehead atoms. The summed E-state index contributed by atoms with van der Waals surface area (Å²) in [5.41, 5.74) is 1.89. The molecule has 1 nitrogen and oxygen atoms in total. The molecular formula is C23H34OS. The fourth-order valence-electron chi connectivity index (χ4n) is 5.41. The van der Waals surface area contributed by atoms with Crippen LogP contribution < -0.4 is 0 Å². The van der Waals surface area contributed by atoms with Gasteiger partial charge in [-0.15, -0.1) is 0 Å². The fraction of sp³-hybridized carbons (Fsp3) is 0.696. The Balaban J connectivity index is 1.60. The smallest absolute Gasteiger partial charge is 0.165 e. The molecule has 1 aromatic rings. The quantitative estimate of drug-likeness (QED) is 0.509. The van der Waals surface area contributed by atoms with Crippen LogP contribution in [0.5, 0.6) is 0 Å². The van der Waals surface area contributed by atoms with Gasteiger partial charge in [-0.1, -0.05) is 65.0 Å². The molecule has 2 aliphatic carbocycles. The fourth-order valence-corrected chi connectivity index (χ4v) is 7.10. The van der Waals surface area contributed by atoms with Gasteiger partial charge in [0.2, 0.25) is 0 Å². The molecular weight excluding hydrogens is 324 g/mol. The van der Waals surface area contributed by atoms with E-state index in [4.69, 9.17) is 0 Å². The Bertz CT molecular complexity index is 608. The minimum atomic E-state index is 0.0790. The highest BCUT2D eigenvalue weighted by molar-refractivity contribution is 8.00. The molecule has 2 fully saturated rings. The molecule has 0 unspecified atom stereocenters. The first-order valence-electron chi connectivity index (χ1n) is 9.90. The number of hydrogen-bond acceptors (Lipinski definition) is 2. The third kappa shape index (κ3) is 3.56. The summed E-state index contributed by atoms with van der Waals surface area (Å²) in [5.74, 6) is 2.56. The minimum Gasteiger partial charge on any atom is -0.294 e. The van der Waals surface area contributed by atoms with Gasteiger partial charge in [0.05, 0.1) is 0 Å². The van der Waals surface area contributed by atoms with Crippen molar-refractivity contribution >= 4 is 17.5 Å². The lowest BCUT2D eigenvalue weighted by Crippen LogP contribution is -2.35. The topological polar surface area (TPSA) is 17.1 Å². The number of thioether (sulfide) groups is 1. The van der Waals surface area contributed by atoms with Gasteiger partial charge >= 0.3 is 0 Å². The molecule has 1 aromatic carbocycles. The molecule has 138 valence electrons. The van der Waals surface area contributed by atoms with Crippen LogP contribution in [-0.4, -0.2) is 16.3 Å². The molecule has 1 atom stereocenters. The molecule has 25 heavy (non-hydrogen) atoms. The van der Waals surface area contributed by atoms with Crippen LogP contribution >= 0.6 is 11.8 Å². The summed E-state index contributed by atoms with van der Waals surface area (Å²) in [7, 11) is 0. The molecule has 0 saturated heterocycles. The molecule has 3 rings (SSSR count). The van der Waals surface area contributed by atoms with Gasteiger partial charge in [0, 0.05) is 16.2 Å². The summed E-state index contributed by atoms with van der Waals surface area (Å²) in [6.45, 7) is 11.8. The number of ketones is 1. The molecule has 0 N–H and O–H groups in total. The maximum atomic E-state index is 12.7. The third-order valence-electron chi connectivity index (χ3n) is 7.37. The van der Waals surface area contributed by atoms with Crippen LogP contribution in [0.15, 0.2) is 30.3 Å². The Labute approximate surface area is 158 Å². The Morgan fingerprint density at radius 2 is 1.80 bits per heavy atom. The monoisotopic (exact) mass is 358 g/mol. The predicted octanol–water partition coefficient (Wildman–Crippen LogP) is 6.62. The van der Waals surface area contributed by atoms with E-state index in [2.05, 4.69) is 46.4 Å². The third-order valence-corrected chi connectivity index (χ3v) is 9.02. The van der Waals surface area contributed by atoms with Gasteiger partial charge in [0.25, 0.3) is 0 Å². The minimum absolute atomic E-state index is 0.0790. The highest BCUT2D eigenvalue weighted by Gasteiger charge is 2.58. The summed E-state index contributed by atoms with van der Waals surface area (Å²) < 4.78 is 0.148. The van der Waals surface area contributed by atoms with E-state index in [9.17, 15) is 4.79 Å². The van der Waals surface area contributed by atoms with Crippen LogP contribution in [0.2, 0.25) is 0 Å². The lowest BCUT2D eigenvalue weighted by molar-refractivity contribution is 0.0918. The highest BCUT2D eigenvalue weighted by atomic mass is 32.2. The molecule has 0 amide bonds.